The van der Waals surface area contributed by atoms with E-state index in [-0.39, 0.29) is 0 Å². The quantitative estimate of drug-likeness (QED) is 0.610. The molecule has 0 aliphatic carbocycles. The Kier molecular flexibility index (Phi) is 3.21. The summed E-state index contributed by atoms with van der Waals surface area (Å²) in [4.78, 5) is 3.53. The fourth-order valence-electron chi connectivity index (χ4n) is 0.479. The Labute approximate surface area is 68.5 Å². The van der Waals surface area contributed by atoms with Crippen molar-refractivity contribution >= 4 is 11.3 Å². The Morgan fingerprint density at radius 2 is 2.00 bits per heavy atom. The molecule has 0 amide bonds. The van der Waals surface area contributed by atoms with Crippen LogP contribution in [0.1, 0.15) is 0 Å². The molecule has 0 bridgehead atoms. The third-order valence-corrected chi connectivity index (χ3v) is 1.54. The molecular formula is C7H8N2OS. The average molecular weight is 168 g/mol. The number of hydrogen-bond acceptors (Lipinski definition) is 3. The summed E-state index contributed by atoms with van der Waals surface area (Å²) in [5, 5.41) is 12.4. The zero-order chi connectivity index (χ0) is 7.94. The van der Waals surface area contributed by atoms with Crippen molar-refractivity contribution in [3.8, 4) is 0 Å². The van der Waals surface area contributed by atoms with Gasteiger partial charge in [0.25, 0.3) is 0 Å². The molecule has 4 heteroatoms. The van der Waals surface area contributed by atoms with Crippen molar-refractivity contribution in [3.63, 3.8) is 0 Å². The number of aromatic nitrogens is 2. The van der Waals surface area contributed by atoms with E-state index in [9.17, 15) is 0 Å². The normalized spacial score (nSPS) is 8.36. The molecule has 0 unspecified atom stereocenters. The van der Waals surface area contributed by atoms with Crippen molar-refractivity contribution < 1.29 is 5.21 Å². The molecule has 11 heavy (non-hydrogen) atoms. The molecule has 0 aliphatic rings. The lowest BCUT2D eigenvalue weighted by atomic mass is 10.7. The van der Waals surface area contributed by atoms with Crippen LogP contribution >= 0.6 is 11.3 Å². The Morgan fingerprint density at radius 1 is 1.27 bits per heavy atom. The second kappa shape index (κ2) is 4.51. The van der Waals surface area contributed by atoms with Gasteiger partial charge in [0.15, 0.2) is 0 Å². The first kappa shape index (κ1) is 7.81. The van der Waals surface area contributed by atoms with Gasteiger partial charge in [-0.3, -0.25) is 0 Å². The van der Waals surface area contributed by atoms with Gasteiger partial charge >= 0.3 is 0 Å². The minimum atomic E-state index is 0.889. The Balaban J connectivity index is 0.000000112. The van der Waals surface area contributed by atoms with Crippen molar-refractivity contribution in [1.82, 2.24) is 9.71 Å². The predicted octanol–water partition coefficient (Wildman–Crippen LogP) is 1.87. The number of rotatable bonds is 0. The molecule has 0 atom stereocenters. The van der Waals surface area contributed by atoms with Crippen LogP contribution in [0.15, 0.2) is 41.6 Å². The lowest BCUT2D eigenvalue weighted by molar-refractivity contribution is 0.186. The summed E-state index contributed by atoms with van der Waals surface area (Å²) >= 11 is 1.71. The van der Waals surface area contributed by atoms with Crippen LogP contribution in [-0.2, 0) is 0 Å². The average Bonchev–Trinajstić information content (AvgIpc) is 2.57. The first-order valence-corrected chi connectivity index (χ1v) is 3.98. The van der Waals surface area contributed by atoms with Gasteiger partial charge in [0, 0.05) is 6.20 Å². The monoisotopic (exact) mass is 168 g/mol. The van der Waals surface area contributed by atoms with E-state index >= 15 is 0 Å². The number of thiophene rings is 1. The molecular weight excluding hydrogens is 160 g/mol. The van der Waals surface area contributed by atoms with Gasteiger partial charge in [0.05, 0.1) is 6.20 Å². The van der Waals surface area contributed by atoms with E-state index in [1.54, 1.807) is 11.3 Å². The van der Waals surface area contributed by atoms with Crippen molar-refractivity contribution in [2.24, 2.45) is 0 Å². The van der Waals surface area contributed by atoms with E-state index in [2.05, 4.69) is 4.98 Å². The molecule has 0 saturated heterocycles. The zero-order valence-electron chi connectivity index (χ0n) is 5.79. The fraction of sp³-hybridized carbons (Fsp3) is 0. The van der Waals surface area contributed by atoms with Gasteiger partial charge in [-0.2, -0.15) is 16.1 Å². The Bertz CT molecular complexity index is 235. The van der Waals surface area contributed by atoms with Crippen LogP contribution in [0.2, 0.25) is 0 Å². The molecule has 0 aliphatic heterocycles. The molecule has 0 aromatic carbocycles. The molecule has 0 saturated carbocycles. The molecule has 58 valence electrons. The third-order valence-electron chi connectivity index (χ3n) is 0.916. The SMILES string of the molecule is On1ccnc1.c1ccsc1. The van der Waals surface area contributed by atoms with Crippen LogP contribution in [-0.4, -0.2) is 14.9 Å². The second-order valence-corrected chi connectivity index (χ2v) is 2.55. The van der Waals surface area contributed by atoms with Crippen LogP contribution in [0.4, 0.5) is 0 Å². The van der Waals surface area contributed by atoms with E-state index < -0.39 is 0 Å². The Hall–Kier alpha value is -1.29. The van der Waals surface area contributed by atoms with Gasteiger partial charge < -0.3 is 5.21 Å². The molecule has 2 aromatic rings. The first-order chi connectivity index (χ1) is 5.39. The van der Waals surface area contributed by atoms with E-state index in [0.29, 0.717) is 0 Å². The summed E-state index contributed by atoms with van der Waals surface area (Å²) in [5.74, 6) is 0. The number of hydrogen-bond donors (Lipinski definition) is 1. The highest BCUT2D eigenvalue weighted by molar-refractivity contribution is 7.07. The van der Waals surface area contributed by atoms with E-state index in [4.69, 9.17) is 5.21 Å². The van der Waals surface area contributed by atoms with Gasteiger partial charge in [-0.15, -0.1) is 0 Å². The highest BCUT2D eigenvalue weighted by Crippen LogP contribution is 1.91. The van der Waals surface area contributed by atoms with E-state index in [1.165, 1.54) is 18.7 Å². The maximum Gasteiger partial charge on any atom is 0.131 e. The van der Waals surface area contributed by atoms with Gasteiger partial charge in [-0.05, 0) is 10.8 Å². The van der Waals surface area contributed by atoms with Gasteiger partial charge in [-0.25, -0.2) is 4.98 Å². The largest absolute Gasteiger partial charge is 0.427 e. The van der Waals surface area contributed by atoms with Crippen molar-refractivity contribution in [1.29, 1.82) is 0 Å². The Morgan fingerprint density at radius 3 is 2.18 bits per heavy atom. The molecule has 0 fully saturated rings. The summed E-state index contributed by atoms with van der Waals surface area (Å²) in [5.41, 5.74) is 0. The summed E-state index contributed by atoms with van der Waals surface area (Å²) in [6.07, 6.45) is 4.25. The second-order valence-electron chi connectivity index (χ2n) is 1.74. The van der Waals surface area contributed by atoms with Crippen LogP contribution < -0.4 is 0 Å². The maximum absolute atomic E-state index is 8.33. The summed E-state index contributed by atoms with van der Waals surface area (Å²) in [6.45, 7) is 0. The topological polar surface area (TPSA) is 38.0 Å². The van der Waals surface area contributed by atoms with E-state index in [0.717, 1.165) is 4.73 Å². The van der Waals surface area contributed by atoms with Gasteiger partial charge in [0.1, 0.15) is 6.33 Å². The summed E-state index contributed by atoms with van der Waals surface area (Å²) in [6, 6.07) is 4.04. The smallest absolute Gasteiger partial charge is 0.131 e. The lowest BCUT2D eigenvalue weighted by Gasteiger charge is -1.77. The molecule has 0 spiro atoms. The fourth-order valence-corrected chi connectivity index (χ4v) is 0.932. The highest BCUT2D eigenvalue weighted by Gasteiger charge is 1.71. The first-order valence-electron chi connectivity index (χ1n) is 3.04. The third kappa shape index (κ3) is 3.42. The van der Waals surface area contributed by atoms with Crippen molar-refractivity contribution in [2.45, 2.75) is 0 Å². The molecule has 3 nitrogen and oxygen atoms in total. The summed E-state index contributed by atoms with van der Waals surface area (Å²) in [7, 11) is 0. The molecule has 0 radical (unpaired) electrons. The van der Waals surface area contributed by atoms with Crippen LogP contribution in [0, 0.1) is 0 Å². The van der Waals surface area contributed by atoms with Crippen LogP contribution in [0.5, 0.6) is 0 Å². The predicted molar refractivity (Wildman–Crippen MR) is 43.7 cm³/mol. The highest BCUT2D eigenvalue weighted by atomic mass is 32.1. The van der Waals surface area contributed by atoms with Gasteiger partial charge in [-0.1, -0.05) is 12.1 Å². The number of nitrogens with zero attached hydrogens (tertiary/aromatic N) is 2. The minimum Gasteiger partial charge on any atom is -0.427 e. The zero-order valence-corrected chi connectivity index (χ0v) is 6.61. The number of imidazole rings is 1. The van der Waals surface area contributed by atoms with Crippen LogP contribution in [0.25, 0.3) is 0 Å². The molecule has 2 heterocycles. The molecule has 2 rings (SSSR count). The molecule has 1 N–H and O–H groups in total. The minimum absolute atomic E-state index is 0.889. The van der Waals surface area contributed by atoms with Crippen molar-refractivity contribution in [3.05, 3.63) is 41.6 Å². The summed E-state index contributed by atoms with van der Waals surface area (Å²) < 4.78 is 0.889. The van der Waals surface area contributed by atoms with E-state index in [1.807, 2.05) is 22.9 Å². The molecule has 2 aromatic heterocycles. The standard InChI is InChI=1S/C4H4S.C3H4N2O/c1-2-4-5-3-1;6-5-2-1-4-3-5/h1-4H;1-3,6H. The van der Waals surface area contributed by atoms with Crippen LogP contribution in [0.3, 0.4) is 0 Å². The van der Waals surface area contributed by atoms with Gasteiger partial charge in [0.2, 0.25) is 0 Å². The maximum atomic E-state index is 8.33. The van der Waals surface area contributed by atoms with Crippen molar-refractivity contribution in [2.75, 3.05) is 0 Å². The lowest BCUT2D eigenvalue weighted by Crippen LogP contribution is -1.79.